The molecule has 7 heteroatoms. The second kappa shape index (κ2) is 9.42. The Hall–Kier alpha value is -3.71. The fraction of sp³-hybridized carbons (Fsp3) is 0.115. The van der Waals surface area contributed by atoms with E-state index >= 15 is 0 Å². The molecule has 0 bridgehead atoms. The van der Waals surface area contributed by atoms with Crippen LogP contribution in [0.1, 0.15) is 22.3 Å². The van der Waals surface area contributed by atoms with Crippen molar-refractivity contribution in [3.05, 3.63) is 99.0 Å². The van der Waals surface area contributed by atoms with Gasteiger partial charge in [0.05, 0.1) is 5.69 Å². The van der Waals surface area contributed by atoms with Crippen LogP contribution in [0.3, 0.4) is 0 Å². The number of aryl methyl sites for hydroxylation is 2. The molecule has 0 spiro atoms. The lowest BCUT2D eigenvalue weighted by Gasteiger charge is -2.26. The number of ether oxygens (including phenoxy) is 1. The predicted molar refractivity (Wildman–Crippen MR) is 130 cm³/mol. The Labute approximate surface area is 200 Å². The molecule has 1 aliphatic rings. The SMILES string of the molecule is Cc1ccc(N2C(=O)NC(=O)/C(=C\c3ccc(OCc4ccccc4Br)cc3)C2=O)cc1C. The van der Waals surface area contributed by atoms with Crippen molar-refractivity contribution >= 4 is 45.5 Å². The van der Waals surface area contributed by atoms with Gasteiger partial charge in [-0.3, -0.25) is 14.9 Å². The lowest BCUT2D eigenvalue weighted by Crippen LogP contribution is -2.54. The van der Waals surface area contributed by atoms with Gasteiger partial charge in [0.15, 0.2) is 0 Å². The Kier molecular flexibility index (Phi) is 6.42. The average Bonchev–Trinajstić information content (AvgIpc) is 2.79. The third-order valence-electron chi connectivity index (χ3n) is 5.39. The van der Waals surface area contributed by atoms with Crippen LogP contribution in [0.15, 0.2) is 76.8 Å². The second-order valence-corrected chi connectivity index (χ2v) is 8.53. The van der Waals surface area contributed by atoms with E-state index in [9.17, 15) is 14.4 Å². The maximum absolute atomic E-state index is 13.1. The van der Waals surface area contributed by atoms with E-state index in [2.05, 4.69) is 21.2 Å². The summed E-state index contributed by atoms with van der Waals surface area (Å²) in [6.07, 6.45) is 1.47. The molecular weight excluding hydrogens is 484 g/mol. The van der Waals surface area contributed by atoms with Crippen LogP contribution in [-0.4, -0.2) is 17.8 Å². The molecule has 33 heavy (non-hydrogen) atoms. The van der Waals surface area contributed by atoms with Gasteiger partial charge in [0.1, 0.15) is 17.9 Å². The van der Waals surface area contributed by atoms with Crippen LogP contribution in [-0.2, 0) is 16.2 Å². The average molecular weight is 505 g/mol. The molecule has 3 aromatic carbocycles. The van der Waals surface area contributed by atoms with E-state index in [0.29, 0.717) is 23.6 Å². The molecule has 3 aromatic rings. The summed E-state index contributed by atoms with van der Waals surface area (Å²) in [4.78, 5) is 38.8. The van der Waals surface area contributed by atoms with Crippen molar-refractivity contribution in [2.45, 2.75) is 20.5 Å². The van der Waals surface area contributed by atoms with Gasteiger partial charge in [-0.25, -0.2) is 9.69 Å². The zero-order valence-electron chi connectivity index (χ0n) is 18.1. The summed E-state index contributed by atoms with van der Waals surface area (Å²) in [5.74, 6) is -0.736. The fourth-order valence-electron chi connectivity index (χ4n) is 3.36. The molecule has 1 saturated heterocycles. The number of nitrogens with zero attached hydrogens (tertiary/aromatic N) is 1. The van der Waals surface area contributed by atoms with Crippen LogP contribution < -0.4 is 15.0 Å². The molecule has 0 aliphatic carbocycles. The fourth-order valence-corrected chi connectivity index (χ4v) is 3.76. The van der Waals surface area contributed by atoms with E-state index in [-0.39, 0.29) is 5.57 Å². The summed E-state index contributed by atoms with van der Waals surface area (Å²) in [5, 5.41) is 2.25. The number of benzene rings is 3. The number of carbonyl (C=O) groups excluding carboxylic acids is 3. The third kappa shape index (κ3) is 4.88. The van der Waals surface area contributed by atoms with Gasteiger partial charge in [0.2, 0.25) is 0 Å². The van der Waals surface area contributed by atoms with Gasteiger partial charge in [0.25, 0.3) is 11.8 Å². The van der Waals surface area contributed by atoms with Gasteiger partial charge in [0, 0.05) is 10.0 Å². The van der Waals surface area contributed by atoms with Crippen molar-refractivity contribution in [1.29, 1.82) is 0 Å². The smallest absolute Gasteiger partial charge is 0.335 e. The van der Waals surface area contributed by atoms with Crippen LogP contribution in [0.5, 0.6) is 5.75 Å². The summed E-state index contributed by atoms with van der Waals surface area (Å²) >= 11 is 3.50. The van der Waals surface area contributed by atoms with Crippen molar-refractivity contribution in [1.82, 2.24) is 5.32 Å². The number of barbiturate groups is 1. The normalized spacial score (nSPS) is 15.1. The van der Waals surface area contributed by atoms with Gasteiger partial charge in [-0.15, -0.1) is 0 Å². The quantitative estimate of drug-likeness (QED) is 0.377. The monoisotopic (exact) mass is 504 g/mol. The number of hydrogen-bond acceptors (Lipinski definition) is 4. The number of amides is 4. The first-order valence-corrected chi connectivity index (χ1v) is 11.1. The highest BCUT2D eigenvalue weighted by atomic mass is 79.9. The molecule has 1 fully saturated rings. The standard InChI is InChI=1S/C26H21BrN2O4/c1-16-7-10-20(13-17(16)2)29-25(31)22(24(30)28-26(29)32)14-18-8-11-21(12-9-18)33-15-19-5-3-4-6-23(19)27/h3-14H,15H2,1-2H3,(H,28,30,32)/b22-14+. The van der Waals surface area contributed by atoms with Crippen molar-refractivity contribution < 1.29 is 19.1 Å². The molecule has 4 amide bonds. The van der Waals surface area contributed by atoms with Crippen molar-refractivity contribution in [2.24, 2.45) is 0 Å². The van der Waals surface area contributed by atoms with E-state index in [0.717, 1.165) is 26.1 Å². The summed E-state index contributed by atoms with van der Waals surface area (Å²) in [6, 6.07) is 19.3. The highest BCUT2D eigenvalue weighted by molar-refractivity contribution is 9.10. The second-order valence-electron chi connectivity index (χ2n) is 7.68. The van der Waals surface area contributed by atoms with Gasteiger partial charge in [-0.1, -0.05) is 52.3 Å². The predicted octanol–water partition coefficient (Wildman–Crippen LogP) is 5.31. The highest BCUT2D eigenvalue weighted by Gasteiger charge is 2.36. The zero-order valence-corrected chi connectivity index (χ0v) is 19.7. The number of urea groups is 1. The number of rotatable bonds is 5. The van der Waals surface area contributed by atoms with Crippen LogP contribution in [0, 0.1) is 13.8 Å². The van der Waals surface area contributed by atoms with E-state index < -0.39 is 17.8 Å². The maximum Gasteiger partial charge on any atom is 0.335 e. The van der Waals surface area contributed by atoms with Crippen LogP contribution in [0.25, 0.3) is 6.08 Å². The maximum atomic E-state index is 13.1. The van der Waals surface area contributed by atoms with Gasteiger partial charge < -0.3 is 4.74 Å². The molecule has 1 N–H and O–H groups in total. The molecule has 1 heterocycles. The lowest BCUT2D eigenvalue weighted by atomic mass is 10.1. The lowest BCUT2D eigenvalue weighted by molar-refractivity contribution is -0.122. The molecule has 0 saturated carbocycles. The zero-order chi connectivity index (χ0) is 23.5. The van der Waals surface area contributed by atoms with E-state index in [1.165, 1.54) is 6.08 Å². The summed E-state index contributed by atoms with van der Waals surface area (Å²) in [7, 11) is 0. The summed E-state index contributed by atoms with van der Waals surface area (Å²) in [6.45, 7) is 4.24. The van der Waals surface area contributed by atoms with E-state index in [4.69, 9.17) is 4.74 Å². The first-order valence-electron chi connectivity index (χ1n) is 10.3. The first-order chi connectivity index (χ1) is 15.8. The summed E-state index contributed by atoms with van der Waals surface area (Å²) < 4.78 is 6.79. The molecule has 1 aliphatic heterocycles. The Morgan fingerprint density at radius 2 is 1.67 bits per heavy atom. The topological polar surface area (TPSA) is 75.7 Å². The number of anilines is 1. The largest absolute Gasteiger partial charge is 0.489 e. The minimum absolute atomic E-state index is 0.116. The van der Waals surface area contributed by atoms with E-state index in [1.54, 1.807) is 36.4 Å². The van der Waals surface area contributed by atoms with E-state index in [1.807, 2.05) is 44.2 Å². The Bertz CT molecular complexity index is 1280. The number of carbonyl (C=O) groups is 3. The Morgan fingerprint density at radius 3 is 2.36 bits per heavy atom. The number of hydrogen-bond donors (Lipinski definition) is 1. The molecule has 0 unspecified atom stereocenters. The Morgan fingerprint density at radius 1 is 0.939 bits per heavy atom. The summed E-state index contributed by atoms with van der Waals surface area (Å²) in [5.41, 5.74) is 3.93. The highest BCUT2D eigenvalue weighted by Crippen LogP contribution is 2.25. The van der Waals surface area contributed by atoms with Crippen molar-refractivity contribution in [2.75, 3.05) is 4.90 Å². The molecule has 0 atom stereocenters. The first kappa shape index (κ1) is 22.5. The minimum atomic E-state index is -0.763. The van der Waals surface area contributed by atoms with Crippen molar-refractivity contribution in [3.8, 4) is 5.75 Å². The van der Waals surface area contributed by atoms with Gasteiger partial charge in [-0.2, -0.15) is 0 Å². The number of imide groups is 2. The minimum Gasteiger partial charge on any atom is -0.489 e. The molecule has 0 aromatic heterocycles. The third-order valence-corrected chi connectivity index (χ3v) is 6.17. The Balaban J connectivity index is 1.53. The molecule has 166 valence electrons. The van der Waals surface area contributed by atoms with Gasteiger partial charge >= 0.3 is 6.03 Å². The molecule has 0 radical (unpaired) electrons. The van der Waals surface area contributed by atoms with Crippen LogP contribution in [0.4, 0.5) is 10.5 Å². The molecular formula is C26H21BrN2O4. The number of halogens is 1. The molecule has 4 rings (SSSR count). The van der Waals surface area contributed by atoms with Gasteiger partial charge in [-0.05, 0) is 66.9 Å². The van der Waals surface area contributed by atoms with Crippen LogP contribution in [0.2, 0.25) is 0 Å². The molecule has 6 nitrogen and oxygen atoms in total. The number of nitrogens with one attached hydrogen (secondary N) is 1. The van der Waals surface area contributed by atoms with Crippen molar-refractivity contribution in [3.63, 3.8) is 0 Å². The van der Waals surface area contributed by atoms with Crippen LogP contribution >= 0.6 is 15.9 Å².